The van der Waals surface area contributed by atoms with E-state index < -0.39 is 0 Å². The molecule has 0 fully saturated rings. The average Bonchev–Trinajstić information content (AvgIpc) is 2.62. The number of nitrogens with two attached hydrogens (primary N) is 1. The molecule has 0 aromatic carbocycles. The van der Waals surface area contributed by atoms with Gasteiger partial charge in [-0.25, -0.2) is 0 Å². The molecule has 14 heavy (non-hydrogen) atoms. The van der Waals surface area contributed by atoms with Crippen LogP contribution >= 0.6 is 0 Å². The number of hydrogen-bond donors (Lipinski definition) is 1. The molecule has 1 aliphatic rings. The van der Waals surface area contributed by atoms with Crippen LogP contribution in [-0.2, 0) is 13.0 Å². The van der Waals surface area contributed by atoms with Gasteiger partial charge in [-0.15, -0.1) is 0 Å². The van der Waals surface area contributed by atoms with Crippen LogP contribution in [-0.4, -0.2) is 16.3 Å². The predicted octanol–water partition coefficient (Wildman–Crippen LogP) is 1.67. The molecule has 0 spiro atoms. The van der Waals surface area contributed by atoms with Gasteiger partial charge in [-0.2, -0.15) is 5.10 Å². The summed E-state index contributed by atoms with van der Waals surface area (Å²) in [6, 6.07) is 0. The Morgan fingerprint density at radius 3 is 3.21 bits per heavy atom. The second kappa shape index (κ2) is 4.13. The fraction of sp³-hybridized carbons (Fsp3) is 0.727. The number of fused-ring (bicyclic) bond motifs is 1. The summed E-state index contributed by atoms with van der Waals surface area (Å²) in [5, 5.41) is 4.42. The van der Waals surface area contributed by atoms with Gasteiger partial charge in [-0.3, -0.25) is 4.68 Å². The summed E-state index contributed by atoms with van der Waals surface area (Å²) in [5.74, 6) is 0.670. The van der Waals surface area contributed by atoms with E-state index in [2.05, 4.69) is 22.9 Å². The van der Waals surface area contributed by atoms with Crippen molar-refractivity contribution >= 4 is 0 Å². The van der Waals surface area contributed by atoms with E-state index in [0.717, 1.165) is 19.5 Å². The molecule has 1 heterocycles. The molecule has 0 saturated carbocycles. The molecule has 0 saturated heterocycles. The number of hydrogen-bond acceptors (Lipinski definition) is 2. The van der Waals surface area contributed by atoms with Gasteiger partial charge in [0.1, 0.15) is 0 Å². The maximum Gasteiger partial charge on any atom is 0.0527 e. The molecule has 1 aliphatic carbocycles. The largest absolute Gasteiger partial charge is 0.330 e. The lowest BCUT2D eigenvalue weighted by molar-refractivity contribution is 0.503. The van der Waals surface area contributed by atoms with Crippen molar-refractivity contribution in [3.05, 3.63) is 17.5 Å². The van der Waals surface area contributed by atoms with Gasteiger partial charge in [0.05, 0.1) is 6.20 Å². The molecule has 0 amide bonds. The fourth-order valence-electron chi connectivity index (χ4n) is 2.48. The van der Waals surface area contributed by atoms with Crippen molar-refractivity contribution in [2.24, 2.45) is 5.73 Å². The standard InChI is InChI=1S/C11H19N3/c1-2-14-11-5-3-4-9(6-7-12)10(11)8-13-14/h8-9H,2-7,12H2,1H3. The Labute approximate surface area is 85.3 Å². The molecule has 0 radical (unpaired) electrons. The highest BCUT2D eigenvalue weighted by Crippen LogP contribution is 2.33. The van der Waals surface area contributed by atoms with Crippen molar-refractivity contribution in [1.82, 2.24) is 9.78 Å². The molecular weight excluding hydrogens is 174 g/mol. The lowest BCUT2D eigenvalue weighted by Crippen LogP contribution is -2.15. The molecule has 78 valence electrons. The maximum absolute atomic E-state index is 5.63. The fourth-order valence-corrected chi connectivity index (χ4v) is 2.48. The third-order valence-corrected chi connectivity index (χ3v) is 3.20. The van der Waals surface area contributed by atoms with Gasteiger partial charge < -0.3 is 5.73 Å². The molecule has 1 unspecified atom stereocenters. The van der Waals surface area contributed by atoms with Gasteiger partial charge in [0.15, 0.2) is 0 Å². The minimum atomic E-state index is 0.670. The van der Waals surface area contributed by atoms with Gasteiger partial charge in [0.2, 0.25) is 0 Å². The zero-order valence-corrected chi connectivity index (χ0v) is 8.87. The highest BCUT2D eigenvalue weighted by Gasteiger charge is 2.22. The average molecular weight is 193 g/mol. The first-order chi connectivity index (χ1) is 6.86. The minimum Gasteiger partial charge on any atom is -0.330 e. The third kappa shape index (κ3) is 1.57. The van der Waals surface area contributed by atoms with Crippen LogP contribution in [0.3, 0.4) is 0 Å². The number of nitrogens with zero attached hydrogens (tertiary/aromatic N) is 2. The lowest BCUT2D eigenvalue weighted by Gasteiger charge is -2.22. The van der Waals surface area contributed by atoms with Crippen molar-refractivity contribution in [3.63, 3.8) is 0 Å². The zero-order chi connectivity index (χ0) is 9.97. The molecule has 1 aromatic heterocycles. The number of rotatable bonds is 3. The molecule has 3 heteroatoms. The van der Waals surface area contributed by atoms with Crippen LogP contribution in [0.1, 0.15) is 43.4 Å². The van der Waals surface area contributed by atoms with E-state index in [4.69, 9.17) is 5.73 Å². The highest BCUT2D eigenvalue weighted by atomic mass is 15.3. The number of aryl methyl sites for hydroxylation is 1. The van der Waals surface area contributed by atoms with Gasteiger partial charge in [0.25, 0.3) is 0 Å². The molecule has 1 aromatic rings. The molecule has 0 aliphatic heterocycles. The highest BCUT2D eigenvalue weighted by molar-refractivity contribution is 5.25. The van der Waals surface area contributed by atoms with E-state index in [-0.39, 0.29) is 0 Å². The van der Waals surface area contributed by atoms with Crippen LogP contribution in [0.2, 0.25) is 0 Å². The van der Waals surface area contributed by atoms with E-state index >= 15 is 0 Å². The summed E-state index contributed by atoms with van der Waals surface area (Å²) >= 11 is 0. The molecular formula is C11H19N3. The van der Waals surface area contributed by atoms with Gasteiger partial charge in [-0.1, -0.05) is 0 Å². The molecule has 2 rings (SSSR count). The third-order valence-electron chi connectivity index (χ3n) is 3.20. The van der Waals surface area contributed by atoms with Crippen LogP contribution in [0.15, 0.2) is 6.20 Å². The monoisotopic (exact) mass is 193 g/mol. The Bertz CT molecular complexity index is 303. The van der Waals surface area contributed by atoms with Crippen molar-refractivity contribution in [2.45, 2.75) is 45.1 Å². The number of aromatic nitrogens is 2. The van der Waals surface area contributed by atoms with Crippen LogP contribution in [0.4, 0.5) is 0 Å². The van der Waals surface area contributed by atoms with E-state index in [1.54, 1.807) is 0 Å². The van der Waals surface area contributed by atoms with Gasteiger partial charge in [0, 0.05) is 12.2 Å². The lowest BCUT2D eigenvalue weighted by atomic mass is 9.85. The molecule has 0 bridgehead atoms. The SMILES string of the molecule is CCn1ncc2c1CCCC2CCN. The second-order valence-electron chi connectivity index (χ2n) is 4.03. The summed E-state index contributed by atoms with van der Waals surface area (Å²) in [6.07, 6.45) is 6.95. The summed E-state index contributed by atoms with van der Waals surface area (Å²) in [4.78, 5) is 0. The zero-order valence-electron chi connectivity index (χ0n) is 8.87. The van der Waals surface area contributed by atoms with E-state index in [1.807, 2.05) is 0 Å². The first-order valence-electron chi connectivity index (χ1n) is 5.61. The maximum atomic E-state index is 5.63. The van der Waals surface area contributed by atoms with Gasteiger partial charge in [-0.05, 0) is 50.6 Å². The van der Waals surface area contributed by atoms with E-state index in [9.17, 15) is 0 Å². The topological polar surface area (TPSA) is 43.8 Å². The smallest absolute Gasteiger partial charge is 0.0527 e. The summed E-state index contributed by atoms with van der Waals surface area (Å²) < 4.78 is 2.14. The molecule has 1 atom stereocenters. The Balaban J connectivity index is 2.26. The van der Waals surface area contributed by atoms with Crippen LogP contribution in [0.5, 0.6) is 0 Å². The first kappa shape index (κ1) is 9.71. The van der Waals surface area contributed by atoms with E-state index in [0.29, 0.717) is 5.92 Å². The second-order valence-corrected chi connectivity index (χ2v) is 4.03. The summed E-state index contributed by atoms with van der Waals surface area (Å²) in [6.45, 7) is 3.94. The Hall–Kier alpha value is -0.830. The van der Waals surface area contributed by atoms with Crippen molar-refractivity contribution in [1.29, 1.82) is 0 Å². The van der Waals surface area contributed by atoms with Crippen LogP contribution in [0.25, 0.3) is 0 Å². The Morgan fingerprint density at radius 1 is 1.64 bits per heavy atom. The van der Waals surface area contributed by atoms with Gasteiger partial charge >= 0.3 is 0 Å². The summed E-state index contributed by atoms with van der Waals surface area (Å²) in [5.41, 5.74) is 8.55. The minimum absolute atomic E-state index is 0.670. The Kier molecular flexibility index (Phi) is 2.87. The van der Waals surface area contributed by atoms with Crippen molar-refractivity contribution in [2.75, 3.05) is 6.54 Å². The normalized spacial score (nSPS) is 20.9. The quantitative estimate of drug-likeness (QED) is 0.793. The predicted molar refractivity (Wildman–Crippen MR) is 57.3 cm³/mol. The Morgan fingerprint density at radius 2 is 2.50 bits per heavy atom. The van der Waals surface area contributed by atoms with Crippen molar-refractivity contribution < 1.29 is 0 Å². The van der Waals surface area contributed by atoms with Crippen LogP contribution in [0, 0.1) is 0 Å². The van der Waals surface area contributed by atoms with Crippen molar-refractivity contribution in [3.8, 4) is 0 Å². The molecule has 2 N–H and O–H groups in total. The first-order valence-corrected chi connectivity index (χ1v) is 5.61. The molecule has 3 nitrogen and oxygen atoms in total. The van der Waals surface area contributed by atoms with Crippen LogP contribution < -0.4 is 5.73 Å². The summed E-state index contributed by atoms with van der Waals surface area (Å²) in [7, 11) is 0. The van der Waals surface area contributed by atoms with E-state index in [1.165, 1.54) is 30.5 Å².